The Hall–Kier alpha value is -7.62. The van der Waals surface area contributed by atoms with Gasteiger partial charge in [0.25, 0.3) is 0 Å². The summed E-state index contributed by atoms with van der Waals surface area (Å²) in [6.45, 7) is 0. The van der Waals surface area contributed by atoms with Crippen LogP contribution in [0.4, 0.5) is 0 Å². The molecule has 0 spiro atoms. The summed E-state index contributed by atoms with van der Waals surface area (Å²) in [7, 11) is 0. The van der Waals surface area contributed by atoms with E-state index >= 15 is 0 Å². The molecular weight excluding hydrogens is 693 g/mol. The number of fused-ring (bicyclic) bond motifs is 9. The molecule has 0 bridgehead atoms. The van der Waals surface area contributed by atoms with Crippen molar-refractivity contribution in [1.82, 2.24) is 9.13 Å². The minimum absolute atomic E-state index is 0.0772. The summed E-state index contributed by atoms with van der Waals surface area (Å²) in [4.78, 5) is 0. The van der Waals surface area contributed by atoms with E-state index in [9.17, 15) is 12.3 Å². The van der Waals surface area contributed by atoms with Gasteiger partial charge >= 0.3 is 0 Å². The molecule has 0 saturated heterocycles. The lowest BCUT2D eigenvalue weighted by Crippen LogP contribution is -1.94. The number of hydrogen-bond acceptors (Lipinski definition) is 1. The van der Waals surface area contributed by atoms with Gasteiger partial charge in [0.2, 0.25) is 0 Å². The molecular formula is C54H34N2O. The predicted octanol–water partition coefficient (Wildman–Crippen LogP) is 14.8. The number of furan rings is 1. The Morgan fingerprint density at radius 3 is 1.89 bits per heavy atom. The number of rotatable bonds is 5. The summed E-state index contributed by atoms with van der Waals surface area (Å²) in [5, 5.41) is -1.26. The fourth-order valence-corrected chi connectivity index (χ4v) is 7.53. The molecule has 0 aliphatic heterocycles. The molecule has 0 unspecified atom stereocenters. The average Bonchev–Trinajstić information content (AvgIpc) is 4.23. The highest BCUT2D eigenvalue weighted by Crippen LogP contribution is 2.41. The fourth-order valence-electron chi connectivity index (χ4n) is 7.53. The summed E-state index contributed by atoms with van der Waals surface area (Å²) in [6.07, 6.45) is 0. The van der Waals surface area contributed by atoms with Crippen LogP contribution in [0.1, 0.15) is 30.2 Å². The van der Waals surface area contributed by atoms with Crippen molar-refractivity contribution in [2.45, 2.75) is 0 Å². The Labute approximate surface area is 359 Å². The van der Waals surface area contributed by atoms with E-state index in [1.54, 1.807) is 24.3 Å². The molecule has 3 aromatic heterocycles. The number of aromatic nitrogens is 2. The van der Waals surface area contributed by atoms with Crippen LogP contribution < -0.4 is 0 Å². The van der Waals surface area contributed by atoms with E-state index in [2.05, 4.69) is 0 Å². The highest BCUT2D eigenvalue weighted by molar-refractivity contribution is 6.15. The molecule has 0 amide bonds. The van der Waals surface area contributed by atoms with E-state index in [4.69, 9.17) is 22.2 Å². The first kappa shape index (κ1) is 17.0. The van der Waals surface area contributed by atoms with Gasteiger partial charge in [-0.15, -0.1) is 0 Å². The summed E-state index contributed by atoms with van der Waals surface area (Å²) < 4.78 is 208. The maximum absolute atomic E-state index is 9.99. The van der Waals surface area contributed by atoms with Gasteiger partial charge in [0, 0.05) is 49.8 Å². The van der Waals surface area contributed by atoms with E-state index in [1.165, 1.54) is 16.7 Å². The van der Waals surface area contributed by atoms with Crippen molar-refractivity contribution in [2.24, 2.45) is 0 Å². The lowest BCUT2D eigenvalue weighted by Gasteiger charge is -2.11. The van der Waals surface area contributed by atoms with Crippen LogP contribution in [0.25, 0.3) is 110 Å². The Morgan fingerprint density at radius 1 is 0.368 bits per heavy atom. The third-order valence-electron chi connectivity index (χ3n) is 10.1. The third-order valence-corrected chi connectivity index (χ3v) is 10.1. The van der Waals surface area contributed by atoms with Crippen molar-refractivity contribution < 1.29 is 34.6 Å². The van der Waals surface area contributed by atoms with E-state index in [1.807, 2.05) is 30.3 Å². The second kappa shape index (κ2) is 12.5. The van der Waals surface area contributed by atoms with Gasteiger partial charge in [-0.1, -0.05) is 139 Å². The molecule has 266 valence electrons. The smallest absolute Gasteiger partial charge is 0.137 e. The second-order valence-electron chi connectivity index (χ2n) is 13.2. The van der Waals surface area contributed by atoms with Gasteiger partial charge in [-0.3, -0.25) is 0 Å². The van der Waals surface area contributed by atoms with Crippen LogP contribution >= 0.6 is 0 Å². The van der Waals surface area contributed by atoms with Gasteiger partial charge in [0.1, 0.15) is 11.2 Å². The standard InChI is InChI=1S/C54H34N2O/c1-3-12-35(13-4-1)36-22-26-40(27-23-36)55-48-19-9-7-16-43(48)45-29-24-39(33-51(45)55)38-25-31-50-47(32-38)44-17-8-10-20-49(44)56(50)41-28-30-46-53(34-41)57-52-21-11-18-42(54(46)52)37-14-5-2-6-15-37/h1-34H/i2D,5D,6D,7D,8D,9D,10D,11D,14D,16D,17D,18D,19D,20D,21D,24D,25D,29D,30D,31D,32D,33D. The van der Waals surface area contributed by atoms with Gasteiger partial charge in [0.15, 0.2) is 0 Å². The normalized spacial score (nSPS) is 17.3. The molecule has 3 nitrogen and oxygen atoms in total. The first-order valence-corrected chi connectivity index (χ1v) is 17.7. The summed E-state index contributed by atoms with van der Waals surface area (Å²) >= 11 is 0. The Morgan fingerprint density at radius 2 is 1.05 bits per heavy atom. The molecule has 0 aliphatic carbocycles. The Balaban J connectivity index is 1.18. The number of nitrogens with zero attached hydrogens (tertiary/aromatic N) is 2. The van der Waals surface area contributed by atoms with Crippen LogP contribution in [0.3, 0.4) is 0 Å². The molecule has 0 radical (unpaired) electrons. The highest BCUT2D eigenvalue weighted by Gasteiger charge is 2.18. The van der Waals surface area contributed by atoms with E-state index in [0.717, 1.165) is 21.8 Å². The van der Waals surface area contributed by atoms with Crippen molar-refractivity contribution >= 4 is 65.6 Å². The molecule has 57 heavy (non-hydrogen) atoms. The van der Waals surface area contributed by atoms with Crippen LogP contribution in [-0.4, -0.2) is 9.13 Å². The van der Waals surface area contributed by atoms with Crippen molar-refractivity contribution in [3.8, 4) is 44.8 Å². The molecule has 0 aliphatic rings. The van der Waals surface area contributed by atoms with Gasteiger partial charge < -0.3 is 13.6 Å². The molecule has 3 heterocycles. The Bertz CT molecular complexity index is 4790. The zero-order valence-corrected chi connectivity index (χ0v) is 29.2. The topological polar surface area (TPSA) is 23.0 Å². The van der Waals surface area contributed by atoms with Gasteiger partial charge in [0.05, 0.1) is 52.2 Å². The van der Waals surface area contributed by atoms with E-state index < -0.39 is 144 Å². The molecule has 0 N–H and O–H groups in total. The van der Waals surface area contributed by atoms with Crippen molar-refractivity contribution in [3.05, 3.63) is 206 Å². The predicted molar refractivity (Wildman–Crippen MR) is 239 cm³/mol. The molecule has 0 fully saturated rings. The van der Waals surface area contributed by atoms with E-state index in [-0.39, 0.29) is 88.1 Å². The number of hydrogen-bond donors (Lipinski definition) is 0. The van der Waals surface area contributed by atoms with Crippen LogP contribution in [0.2, 0.25) is 0 Å². The number of benzene rings is 9. The zero-order chi connectivity index (χ0) is 56.6. The van der Waals surface area contributed by atoms with Crippen LogP contribution in [0, 0.1) is 0 Å². The first-order valence-electron chi connectivity index (χ1n) is 28.7. The molecule has 0 saturated carbocycles. The Kier molecular flexibility index (Phi) is 3.72. The van der Waals surface area contributed by atoms with Crippen LogP contribution in [-0.2, 0) is 0 Å². The van der Waals surface area contributed by atoms with Gasteiger partial charge in [-0.2, -0.15) is 0 Å². The summed E-state index contributed by atoms with van der Waals surface area (Å²) in [5.41, 5.74) is -1.29. The van der Waals surface area contributed by atoms with E-state index in [0.29, 0.717) is 0 Å². The molecule has 12 aromatic rings. The minimum atomic E-state index is -0.797. The van der Waals surface area contributed by atoms with Crippen molar-refractivity contribution in [2.75, 3.05) is 0 Å². The monoisotopic (exact) mass is 748 g/mol. The number of para-hydroxylation sites is 2. The fraction of sp³-hybridized carbons (Fsp3) is 0. The molecule has 9 aromatic carbocycles. The quantitative estimate of drug-likeness (QED) is 0.172. The summed E-state index contributed by atoms with van der Waals surface area (Å²) in [6, 6.07) is 5.82. The average molecular weight is 749 g/mol. The minimum Gasteiger partial charge on any atom is -0.456 e. The second-order valence-corrected chi connectivity index (χ2v) is 13.2. The third kappa shape index (κ3) is 4.92. The van der Waals surface area contributed by atoms with Gasteiger partial charge in [-0.05, 0) is 93.9 Å². The van der Waals surface area contributed by atoms with Crippen LogP contribution in [0.5, 0.6) is 0 Å². The maximum atomic E-state index is 9.99. The molecule has 0 atom stereocenters. The maximum Gasteiger partial charge on any atom is 0.137 e. The summed E-state index contributed by atoms with van der Waals surface area (Å²) in [5.74, 6) is 0. The van der Waals surface area contributed by atoms with Gasteiger partial charge in [-0.25, -0.2) is 0 Å². The van der Waals surface area contributed by atoms with Crippen molar-refractivity contribution in [3.63, 3.8) is 0 Å². The van der Waals surface area contributed by atoms with Crippen molar-refractivity contribution in [1.29, 1.82) is 0 Å². The molecule has 12 rings (SSSR count). The van der Waals surface area contributed by atoms with Crippen LogP contribution in [0.15, 0.2) is 210 Å². The first-order chi connectivity index (χ1) is 37.4. The SMILES string of the molecule is [2H]c1cc(-c2c([2H])c([2H])c([2H])c3oc4cc(-n5c6c([2H])c([2H])c([2H])c([2H])c6c6c([2H])c(-c7c([2H])c([2H])c8c9c([2H])c([2H])c([2H])c([2H])c9n(-c9ccc(-c%10ccccc%10)cc9)c8c7[2H])c([2H])c([2H])c65)cc([2H])c4c23)c([2H])c([2H])c1[2H]. The lowest BCUT2D eigenvalue weighted by molar-refractivity contribution is 0.668. The molecule has 3 heteroatoms. The lowest BCUT2D eigenvalue weighted by atomic mass is 9.99. The zero-order valence-electron chi connectivity index (χ0n) is 51.2. The highest BCUT2D eigenvalue weighted by atomic mass is 16.3. The largest absolute Gasteiger partial charge is 0.456 e.